The molecule has 0 amide bonds. The molecule has 0 unspecified atom stereocenters. The number of unbranched alkanes of at least 4 members (excludes halogenated alkanes) is 6. The van der Waals surface area contributed by atoms with Gasteiger partial charge in [0.05, 0.1) is 0 Å². The lowest BCUT2D eigenvalue weighted by atomic mass is 10.0. The highest BCUT2D eigenvalue weighted by atomic mass is 14.0. The van der Waals surface area contributed by atoms with Crippen LogP contribution in [0, 0.1) is 0 Å². The van der Waals surface area contributed by atoms with Crippen LogP contribution in [-0.4, -0.2) is 0 Å². The van der Waals surface area contributed by atoms with Crippen molar-refractivity contribution in [2.45, 2.75) is 92.4 Å². The number of rotatable bonds is 9. The maximum Gasteiger partial charge on any atom is -0.0184 e. The second kappa shape index (κ2) is 18.2. The molecule has 0 aliphatic heterocycles. The topological polar surface area (TPSA) is 0 Å². The minimum Gasteiger partial charge on any atom is -0.0683 e. The first-order valence-electron chi connectivity index (χ1n) is 11.0. The molecule has 146 valence electrons. The average molecular weight is 355 g/mol. The molecule has 0 aliphatic carbocycles. The lowest BCUT2D eigenvalue weighted by molar-refractivity contribution is 0.602. The van der Waals surface area contributed by atoms with Gasteiger partial charge in [-0.1, -0.05) is 141 Å². The summed E-state index contributed by atoms with van der Waals surface area (Å²) in [5.41, 5.74) is 4.02. The van der Waals surface area contributed by atoms with Crippen LogP contribution in [0.2, 0.25) is 0 Å². The summed E-state index contributed by atoms with van der Waals surface area (Å²) < 4.78 is 0. The van der Waals surface area contributed by atoms with Gasteiger partial charge in [-0.3, -0.25) is 0 Å². The molecule has 0 saturated heterocycles. The third-order valence-electron chi connectivity index (χ3n) is 4.31. The van der Waals surface area contributed by atoms with Gasteiger partial charge < -0.3 is 0 Å². The van der Waals surface area contributed by atoms with Gasteiger partial charge in [0.25, 0.3) is 0 Å². The Balaban J connectivity index is 0.000000492. The Labute approximate surface area is 164 Å². The highest BCUT2D eigenvalue weighted by molar-refractivity contribution is 5.63. The van der Waals surface area contributed by atoms with E-state index in [4.69, 9.17) is 0 Å². The van der Waals surface area contributed by atoms with Crippen molar-refractivity contribution < 1.29 is 0 Å². The lowest BCUT2D eigenvalue weighted by Gasteiger charge is -2.03. The number of hydrogen-bond acceptors (Lipinski definition) is 0. The van der Waals surface area contributed by atoms with Gasteiger partial charge in [-0.2, -0.15) is 0 Å². The van der Waals surface area contributed by atoms with E-state index in [1.807, 2.05) is 13.8 Å². The van der Waals surface area contributed by atoms with E-state index in [1.165, 1.54) is 74.5 Å². The first-order valence-corrected chi connectivity index (χ1v) is 11.0. The Morgan fingerprint density at radius 1 is 0.500 bits per heavy atom. The molecule has 0 bridgehead atoms. The van der Waals surface area contributed by atoms with E-state index < -0.39 is 0 Å². The molecule has 0 aliphatic rings. The predicted molar refractivity (Wildman–Crippen MR) is 121 cm³/mol. The summed E-state index contributed by atoms with van der Waals surface area (Å²) in [7, 11) is 0. The molecule has 0 nitrogen and oxygen atoms in total. The number of aryl methyl sites for hydroxylation is 1. The zero-order valence-electron chi connectivity index (χ0n) is 18.1. The van der Waals surface area contributed by atoms with E-state index in [-0.39, 0.29) is 0 Å². The van der Waals surface area contributed by atoms with Gasteiger partial charge in [-0.05, 0) is 23.1 Å². The van der Waals surface area contributed by atoms with E-state index >= 15 is 0 Å². The molecule has 2 aromatic rings. The summed E-state index contributed by atoms with van der Waals surface area (Å²) in [4.78, 5) is 0. The smallest absolute Gasteiger partial charge is 0.0184 e. The zero-order chi connectivity index (χ0) is 19.5. The van der Waals surface area contributed by atoms with Crippen LogP contribution in [0.25, 0.3) is 11.1 Å². The highest BCUT2D eigenvalue weighted by Crippen LogP contribution is 2.19. The van der Waals surface area contributed by atoms with E-state index in [2.05, 4.69) is 75.4 Å². The molecular weight excluding hydrogens is 312 g/mol. The van der Waals surface area contributed by atoms with Gasteiger partial charge in [0.15, 0.2) is 0 Å². The molecular formula is C26H42. The largest absolute Gasteiger partial charge is 0.0683 e. The van der Waals surface area contributed by atoms with Crippen LogP contribution in [0.3, 0.4) is 0 Å². The van der Waals surface area contributed by atoms with Crippen LogP contribution in [0.4, 0.5) is 0 Å². The van der Waals surface area contributed by atoms with Crippen LogP contribution < -0.4 is 0 Å². The minimum absolute atomic E-state index is 1.18. The van der Waals surface area contributed by atoms with Crippen LogP contribution in [0.1, 0.15) is 91.5 Å². The summed E-state index contributed by atoms with van der Waals surface area (Å²) in [5, 5.41) is 0. The molecule has 2 aromatic carbocycles. The Morgan fingerprint density at radius 2 is 0.962 bits per heavy atom. The molecule has 0 aromatic heterocycles. The third kappa shape index (κ3) is 11.9. The van der Waals surface area contributed by atoms with Gasteiger partial charge in [-0.15, -0.1) is 0 Å². The Bertz CT molecular complexity index is 489. The van der Waals surface area contributed by atoms with Crippen molar-refractivity contribution in [1.82, 2.24) is 0 Å². The Hall–Kier alpha value is -1.56. The second-order valence-electron chi connectivity index (χ2n) is 6.58. The first kappa shape index (κ1) is 24.4. The molecule has 0 saturated carbocycles. The summed E-state index contributed by atoms with van der Waals surface area (Å²) in [6, 6.07) is 19.4. The van der Waals surface area contributed by atoms with Crippen molar-refractivity contribution in [3.05, 3.63) is 60.2 Å². The molecule has 0 heteroatoms. The monoisotopic (exact) mass is 354 g/mol. The average Bonchev–Trinajstić information content (AvgIpc) is 2.71. The van der Waals surface area contributed by atoms with Gasteiger partial charge in [0.2, 0.25) is 0 Å². The maximum absolute atomic E-state index is 2.26. The van der Waals surface area contributed by atoms with E-state index in [0.717, 1.165) is 0 Å². The van der Waals surface area contributed by atoms with Crippen molar-refractivity contribution >= 4 is 0 Å². The Morgan fingerprint density at radius 3 is 1.42 bits per heavy atom. The second-order valence-corrected chi connectivity index (χ2v) is 6.58. The van der Waals surface area contributed by atoms with Crippen molar-refractivity contribution in [2.24, 2.45) is 0 Å². The van der Waals surface area contributed by atoms with Crippen LogP contribution >= 0.6 is 0 Å². The molecule has 0 atom stereocenters. The summed E-state index contributed by atoms with van der Waals surface area (Å²) in [5.74, 6) is 0. The van der Waals surface area contributed by atoms with E-state index in [1.54, 1.807) is 0 Å². The van der Waals surface area contributed by atoms with Crippen molar-refractivity contribution in [1.29, 1.82) is 0 Å². The molecule has 0 heterocycles. The summed E-state index contributed by atoms with van der Waals surface area (Å²) >= 11 is 0. The summed E-state index contributed by atoms with van der Waals surface area (Å²) in [6.45, 7) is 10.7. The van der Waals surface area contributed by atoms with Crippen LogP contribution in [0.5, 0.6) is 0 Å². The fourth-order valence-electron chi connectivity index (χ4n) is 2.81. The fourth-order valence-corrected chi connectivity index (χ4v) is 2.81. The quantitative estimate of drug-likeness (QED) is 0.394. The molecule has 0 radical (unpaired) electrons. The standard InChI is InChI=1S/C15H16.C9H20.C2H6/c1-2-6-13-9-11-15(12-10-13)14-7-4-3-5-8-14;1-3-5-7-9-8-6-4-2;1-2/h3-5,7-12H,2,6H2,1H3;3-9H2,1-2H3;1-2H3. The van der Waals surface area contributed by atoms with Gasteiger partial charge in [0.1, 0.15) is 0 Å². The SMILES string of the molecule is CC.CCCCCCCCC.CCCc1ccc(-c2ccccc2)cc1. The normalized spacial score (nSPS) is 9.58. The first-order chi connectivity index (χ1) is 12.8. The molecule has 2 rings (SSSR count). The fraction of sp³-hybridized carbons (Fsp3) is 0.538. The van der Waals surface area contributed by atoms with Gasteiger partial charge >= 0.3 is 0 Å². The van der Waals surface area contributed by atoms with E-state index in [0.29, 0.717) is 0 Å². The van der Waals surface area contributed by atoms with E-state index in [9.17, 15) is 0 Å². The molecule has 26 heavy (non-hydrogen) atoms. The van der Waals surface area contributed by atoms with Gasteiger partial charge in [0, 0.05) is 0 Å². The van der Waals surface area contributed by atoms with Crippen molar-refractivity contribution in [3.8, 4) is 11.1 Å². The molecule has 0 N–H and O–H groups in total. The van der Waals surface area contributed by atoms with Crippen molar-refractivity contribution in [3.63, 3.8) is 0 Å². The lowest BCUT2D eigenvalue weighted by Crippen LogP contribution is -1.83. The zero-order valence-corrected chi connectivity index (χ0v) is 18.1. The predicted octanol–water partition coefficient (Wildman–Crippen LogP) is 9.09. The summed E-state index contributed by atoms with van der Waals surface area (Å²) in [6.07, 6.45) is 12.4. The van der Waals surface area contributed by atoms with Crippen LogP contribution in [0.15, 0.2) is 54.6 Å². The minimum atomic E-state index is 1.18. The number of benzene rings is 2. The van der Waals surface area contributed by atoms with Crippen molar-refractivity contribution in [2.75, 3.05) is 0 Å². The Kier molecular flexibility index (Phi) is 17.1. The molecule has 0 fully saturated rings. The highest BCUT2D eigenvalue weighted by Gasteiger charge is 1.96. The van der Waals surface area contributed by atoms with Gasteiger partial charge in [-0.25, -0.2) is 0 Å². The maximum atomic E-state index is 2.26. The molecule has 0 spiro atoms. The number of hydrogen-bond donors (Lipinski definition) is 0. The third-order valence-corrected chi connectivity index (χ3v) is 4.31. The van der Waals surface area contributed by atoms with Crippen LogP contribution in [-0.2, 0) is 6.42 Å².